The van der Waals surface area contributed by atoms with Gasteiger partial charge < -0.3 is 11.1 Å². The first kappa shape index (κ1) is 16.9. The third-order valence-corrected chi connectivity index (χ3v) is 4.22. The molecule has 9 heteroatoms. The van der Waals surface area contributed by atoms with Crippen LogP contribution in [-0.2, 0) is 13.0 Å². The van der Waals surface area contributed by atoms with Gasteiger partial charge in [-0.3, -0.25) is 14.9 Å². The van der Waals surface area contributed by atoms with Crippen molar-refractivity contribution in [2.75, 3.05) is 5.73 Å². The van der Waals surface area contributed by atoms with Gasteiger partial charge in [-0.15, -0.1) is 0 Å². The van der Waals surface area contributed by atoms with E-state index in [0.717, 1.165) is 24.5 Å². The Hall–Kier alpha value is -2.97. The van der Waals surface area contributed by atoms with Crippen LogP contribution >= 0.6 is 0 Å². The number of nitrogens with two attached hydrogens (primary N) is 1. The number of amides is 1. The second-order valence-electron chi connectivity index (χ2n) is 6.46. The van der Waals surface area contributed by atoms with E-state index in [0.29, 0.717) is 6.54 Å². The molecule has 3 rings (SSSR count). The molecule has 0 radical (unpaired) electrons. The van der Waals surface area contributed by atoms with Crippen LogP contribution < -0.4 is 11.1 Å². The van der Waals surface area contributed by atoms with E-state index >= 15 is 0 Å². The minimum absolute atomic E-state index is 0.112. The molecule has 0 saturated heterocycles. The summed E-state index contributed by atoms with van der Waals surface area (Å²) in [7, 11) is 0. The molecule has 1 aliphatic heterocycles. The van der Waals surface area contributed by atoms with Gasteiger partial charge in [0.2, 0.25) is 0 Å². The largest absolute Gasteiger partial charge is 0.398 e. The Labute approximate surface area is 144 Å². The number of nitrogen functional groups attached to an aromatic ring is 1. The number of anilines is 1. The number of aromatic nitrogens is 3. The van der Waals surface area contributed by atoms with Crippen molar-refractivity contribution in [3.8, 4) is 0 Å². The lowest BCUT2D eigenvalue weighted by molar-refractivity contribution is -0.384. The molecule has 0 unspecified atom stereocenters. The summed E-state index contributed by atoms with van der Waals surface area (Å²) in [5.41, 5.74) is 5.96. The fourth-order valence-corrected chi connectivity index (χ4v) is 2.81. The number of hydrogen-bond acceptors (Lipinski definition) is 6. The van der Waals surface area contributed by atoms with Crippen molar-refractivity contribution in [2.24, 2.45) is 0 Å². The lowest BCUT2D eigenvalue weighted by Crippen LogP contribution is -2.41. The number of rotatable bonds is 4. The number of non-ortho nitro benzene ring substituents is 1. The van der Waals surface area contributed by atoms with Crippen molar-refractivity contribution in [3.05, 3.63) is 45.5 Å². The standard InChI is InChI=1S/C16H20N6O3/c1-9(2)15-19-14-6-3-10(8-21(14)20-15)18-16(23)12-7-11(22(24)25)4-5-13(12)17/h4-5,7,9-10H,3,6,8,17H2,1-2H3,(H,18,23)/t10-/m0/s1. The average molecular weight is 344 g/mol. The van der Waals surface area contributed by atoms with Gasteiger partial charge in [0, 0.05) is 36.2 Å². The van der Waals surface area contributed by atoms with Crippen molar-refractivity contribution in [2.45, 2.75) is 45.2 Å². The molecule has 3 N–H and O–H groups in total. The van der Waals surface area contributed by atoms with Gasteiger partial charge in [-0.1, -0.05) is 13.8 Å². The molecule has 0 fully saturated rings. The number of fused-ring (bicyclic) bond motifs is 1. The molecule has 1 aromatic carbocycles. The summed E-state index contributed by atoms with van der Waals surface area (Å²) >= 11 is 0. The zero-order valence-corrected chi connectivity index (χ0v) is 14.1. The minimum atomic E-state index is -0.550. The Morgan fingerprint density at radius 2 is 2.24 bits per heavy atom. The van der Waals surface area contributed by atoms with E-state index in [1.54, 1.807) is 0 Å². The molecule has 9 nitrogen and oxygen atoms in total. The van der Waals surface area contributed by atoms with E-state index in [9.17, 15) is 14.9 Å². The van der Waals surface area contributed by atoms with Crippen LogP contribution in [0.4, 0.5) is 11.4 Å². The summed E-state index contributed by atoms with van der Waals surface area (Å²) < 4.78 is 1.82. The van der Waals surface area contributed by atoms with E-state index < -0.39 is 10.8 Å². The smallest absolute Gasteiger partial charge is 0.270 e. The molecule has 1 amide bonds. The van der Waals surface area contributed by atoms with Gasteiger partial charge >= 0.3 is 0 Å². The van der Waals surface area contributed by atoms with Crippen molar-refractivity contribution < 1.29 is 9.72 Å². The number of carbonyl (C=O) groups excluding carboxylic acids is 1. The molecule has 2 aromatic rings. The Morgan fingerprint density at radius 1 is 1.48 bits per heavy atom. The third kappa shape index (κ3) is 3.44. The Morgan fingerprint density at radius 3 is 2.92 bits per heavy atom. The highest BCUT2D eigenvalue weighted by Gasteiger charge is 2.25. The molecule has 0 aliphatic carbocycles. The van der Waals surface area contributed by atoms with E-state index in [1.807, 2.05) is 18.5 Å². The maximum absolute atomic E-state index is 12.5. The average Bonchev–Trinajstić information content (AvgIpc) is 2.98. The number of aryl methyl sites for hydroxylation is 1. The molecular formula is C16H20N6O3. The number of nitrogens with one attached hydrogen (secondary N) is 1. The summed E-state index contributed by atoms with van der Waals surface area (Å²) in [6.07, 6.45) is 1.45. The molecule has 25 heavy (non-hydrogen) atoms. The quantitative estimate of drug-likeness (QED) is 0.493. The first-order valence-electron chi connectivity index (χ1n) is 8.13. The molecule has 132 valence electrons. The van der Waals surface area contributed by atoms with Crippen LogP contribution in [0.3, 0.4) is 0 Å². The zero-order valence-electron chi connectivity index (χ0n) is 14.1. The summed E-state index contributed by atoms with van der Waals surface area (Å²) in [6, 6.07) is 3.73. The lowest BCUT2D eigenvalue weighted by atomic mass is 10.1. The summed E-state index contributed by atoms with van der Waals surface area (Å²) in [6.45, 7) is 4.59. The van der Waals surface area contributed by atoms with Gasteiger partial charge in [0.1, 0.15) is 5.82 Å². The van der Waals surface area contributed by atoms with E-state index in [1.165, 1.54) is 18.2 Å². The predicted octanol–water partition coefficient (Wildman–Crippen LogP) is 1.64. The highest BCUT2D eigenvalue weighted by molar-refractivity contribution is 5.99. The number of hydrogen-bond donors (Lipinski definition) is 2. The van der Waals surface area contributed by atoms with Gasteiger partial charge in [-0.05, 0) is 12.5 Å². The fraction of sp³-hybridized carbons (Fsp3) is 0.438. The van der Waals surface area contributed by atoms with Gasteiger partial charge in [0.15, 0.2) is 5.82 Å². The van der Waals surface area contributed by atoms with Crippen LogP contribution in [0.15, 0.2) is 18.2 Å². The Bertz CT molecular complexity index is 829. The zero-order chi connectivity index (χ0) is 18.1. The molecule has 0 bridgehead atoms. The lowest BCUT2D eigenvalue weighted by Gasteiger charge is -2.23. The highest BCUT2D eigenvalue weighted by atomic mass is 16.6. The van der Waals surface area contributed by atoms with Crippen molar-refractivity contribution in [3.63, 3.8) is 0 Å². The van der Waals surface area contributed by atoms with Gasteiger partial charge in [-0.2, -0.15) is 5.10 Å². The van der Waals surface area contributed by atoms with Crippen LogP contribution in [0, 0.1) is 10.1 Å². The molecule has 1 atom stereocenters. The molecule has 2 heterocycles. The van der Waals surface area contributed by atoms with Crippen molar-refractivity contribution in [1.29, 1.82) is 0 Å². The fourth-order valence-electron chi connectivity index (χ4n) is 2.81. The number of nitrogens with zero attached hydrogens (tertiary/aromatic N) is 4. The molecule has 0 spiro atoms. The summed E-state index contributed by atoms with van der Waals surface area (Å²) in [5, 5.41) is 18.3. The number of nitro benzene ring substituents is 1. The molecule has 1 aromatic heterocycles. The number of nitro groups is 1. The van der Waals surface area contributed by atoms with Crippen LogP contribution in [0.25, 0.3) is 0 Å². The van der Waals surface area contributed by atoms with Crippen molar-refractivity contribution in [1.82, 2.24) is 20.1 Å². The Kier molecular flexibility index (Phi) is 4.39. The normalized spacial score (nSPS) is 16.5. The van der Waals surface area contributed by atoms with Crippen LogP contribution in [0.5, 0.6) is 0 Å². The number of carbonyl (C=O) groups is 1. The van der Waals surface area contributed by atoms with Gasteiger partial charge in [-0.25, -0.2) is 9.67 Å². The van der Waals surface area contributed by atoms with Crippen LogP contribution in [0.1, 0.15) is 48.2 Å². The summed E-state index contributed by atoms with van der Waals surface area (Å²) in [5.74, 6) is 1.55. The third-order valence-electron chi connectivity index (χ3n) is 4.22. The maximum atomic E-state index is 12.5. The Balaban J connectivity index is 1.74. The van der Waals surface area contributed by atoms with Crippen molar-refractivity contribution >= 4 is 17.3 Å². The second kappa shape index (κ2) is 6.50. The maximum Gasteiger partial charge on any atom is 0.270 e. The summed E-state index contributed by atoms with van der Waals surface area (Å²) in [4.78, 5) is 27.3. The molecular weight excluding hydrogens is 324 g/mol. The SMILES string of the molecule is CC(C)c1nc2n(n1)C[C@@H](NC(=O)c1cc([N+](=O)[O-])ccc1N)CC2. The number of benzene rings is 1. The highest BCUT2D eigenvalue weighted by Crippen LogP contribution is 2.21. The first-order valence-corrected chi connectivity index (χ1v) is 8.13. The van der Waals surface area contributed by atoms with E-state index in [2.05, 4.69) is 15.4 Å². The second-order valence-corrected chi connectivity index (χ2v) is 6.46. The predicted molar refractivity (Wildman–Crippen MR) is 91.2 cm³/mol. The molecule has 0 saturated carbocycles. The molecule has 1 aliphatic rings. The van der Waals surface area contributed by atoms with E-state index in [-0.39, 0.29) is 28.9 Å². The minimum Gasteiger partial charge on any atom is -0.398 e. The monoisotopic (exact) mass is 344 g/mol. The van der Waals surface area contributed by atoms with Crippen LogP contribution in [0.2, 0.25) is 0 Å². The van der Waals surface area contributed by atoms with Crippen LogP contribution in [-0.4, -0.2) is 31.6 Å². The topological polar surface area (TPSA) is 129 Å². The van der Waals surface area contributed by atoms with Gasteiger partial charge in [0.25, 0.3) is 11.6 Å². The van der Waals surface area contributed by atoms with E-state index in [4.69, 9.17) is 5.73 Å². The first-order chi connectivity index (χ1) is 11.8. The van der Waals surface area contributed by atoms with Gasteiger partial charge in [0.05, 0.1) is 17.0 Å².